The van der Waals surface area contributed by atoms with Crippen molar-refractivity contribution in [2.24, 2.45) is 5.41 Å². The van der Waals surface area contributed by atoms with Gasteiger partial charge in [-0.1, -0.05) is 26.7 Å². The van der Waals surface area contributed by atoms with E-state index in [4.69, 9.17) is 0 Å². The minimum absolute atomic E-state index is 0.327. The molecule has 18 heavy (non-hydrogen) atoms. The summed E-state index contributed by atoms with van der Waals surface area (Å²) in [6.45, 7) is 5.59. The Morgan fingerprint density at radius 1 is 1.28 bits per heavy atom. The van der Waals surface area contributed by atoms with E-state index >= 15 is 0 Å². The maximum Gasteiger partial charge on any atom is 0.147 e. The fourth-order valence-corrected chi connectivity index (χ4v) is 3.79. The van der Waals surface area contributed by atoms with Gasteiger partial charge in [0.2, 0.25) is 0 Å². The summed E-state index contributed by atoms with van der Waals surface area (Å²) in [7, 11) is -2.81. The Hall–Kier alpha value is -0.0900. The van der Waals surface area contributed by atoms with Crippen LogP contribution in [-0.4, -0.2) is 33.0 Å². The van der Waals surface area contributed by atoms with E-state index in [0.29, 0.717) is 17.2 Å². The average Bonchev–Trinajstić information content (AvgIpc) is 2.69. The second kappa shape index (κ2) is 6.90. The zero-order valence-electron chi connectivity index (χ0n) is 12.2. The molecule has 0 aromatic heterocycles. The minimum atomic E-state index is -2.81. The maximum atomic E-state index is 11.2. The topological polar surface area (TPSA) is 46.2 Å². The molecule has 3 nitrogen and oxygen atoms in total. The number of sulfone groups is 1. The summed E-state index contributed by atoms with van der Waals surface area (Å²) < 4.78 is 22.4. The van der Waals surface area contributed by atoms with Crippen molar-refractivity contribution in [1.29, 1.82) is 0 Å². The van der Waals surface area contributed by atoms with E-state index in [-0.39, 0.29) is 0 Å². The molecule has 1 rings (SSSR count). The molecule has 0 aromatic rings. The predicted molar refractivity (Wildman–Crippen MR) is 77.6 cm³/mol. The van der Waals surface area contributed by atoms with Gasteiger partial charge in [0.15, 0.2) is 0 Å². The van der Waals surface area contributed by atoms with Crippen LogP contribution < -0.4 is 5.32 Å². The monoisotopic (exact) mass is 275 g/mol. The Bertz CT molecular complexity index is 332. The first-order valence-electron chi connectivity index (χ1n) is 7.28. The number of hydrogen-bond donors (Lipinski definition) is 1. The van der Waals surface area contributed by atoms with Crippen molar-refractivity contribution < 1.29 is 8.42 Å². The molecular formula is C14H29NO2S. The Labute approximate surface area is 113 Å². The molecule has 0 amide bonds. The van der Waals surface area contributed by atoms with Crippen molar-refractivity contribution in [3.8, 4) is 0 Å². The van der Waals surface area contributed by atoms with Gasteiger partial charge in [-0.05, 0) is 44.1 Å². The molecular weight excluding hydrogens is 246 g/mol. The molecule has 0 aliphatic heterocycles. The summed E-state index contributed by atoms with van der Waals surface area (Å²) in [6, 6.07) is 0.488. The molecule has 1 atom stereocenters. The molecule has 1 unspecified atom stereocenters. The van der Waals surface area contributed by atoms with E-state index in [1.54, 1.807) is 0 Å². The molecule has 1 saturated carbocycles. The van der Waals surface area contributed by atoms with E-state index in [2.05, 4.69) is 19.2 Å². The third-order valence-corrected chi connectivity index (χ3v) is 5.27. The summed E-state index contributed by atoms with van der Waals surface area (Å²) in [5.41, 5.74) is 0.382. The molecule has 1 fully saturated rings. The van der Waals surface area contributed by atoms with Crippen molar-refractivity contribution in [3.63, 3.8) is 0 Å². The van der Waals surface area contributed by atoms with Gasteiger partial charge in [-0.3, -0.25) is 0 Å². The average molecular weight is 275 g/mol. The predicted octanol–water partition coefficient (Wildman–Crippen LogP) is 2.76. The Morgan fingerprint density at radius 2 is 1.89 bits per heavy atom. The molecule has 0 radical (unpaired) electrons. The normalized spacial score (nSPS) is 21.1. The van der Waals surface area contributed by atoms with Gasteiger partial charge in [0, 0.05) is 18.1 Å². The highest BCUT2D eigenvalue weighted by Gasteiger charge is 2.36. The van der Waals surface area contributed by atoms with Crippen molar-refractivity contribution in [2.75, 3.05) is 18.6 Å². The summed E-state index contributed by atoms with van der Waals surface area (Å²) in [5.74, 6) is 0.327. The summed E-state index contributed by atoms with van der Waals surface area (Å²) in [5, 5.41) is 3.64. The van der Waals surface area contributed by atoms with Crippen LogP contribution in [0.3, 0.4) is 0 Å². The number of nitrogens with one attached hydrogen (secondary N) is 1. The first kappa shape index (κ1) is 16.0. The van der Waals surface area contributed by atoms with Crippen LogP contribution in [0.1, 0.15) is 58.8 Å². The molecule has 0 heterocycles. The molecule has 108 valence electrons. The molecule has 0 saturated heterocycles. The van der Waals surface area contributed by atoms with Crippen molar-refractivity contribution in [2.45, 2.75) is 64.8 Å². The summed E-state index contributed by atoms with van der Waals surface area (Å²) >= 11 is 0. The fourth-order valence-electron chi connectivity index (χ4n) is 3.10. The molecule has 0 bridgehead atoms. The van der Waals surface area contributed by atoms with Crippen LogP contribution in [0.5, 0.6) is 0 Å². The minimum Gasteiger partial charge on any atom is -0.313 e. The van der Waals surface area contributed by atoms with Crippen LogP contribution >= 0.6 is 0 Å². The maximum absolute atomic E-state index is 11.2. The van der Waals surface area contributed by atoms with Crippen LogP contribution in [-0.2, 0) is 9.84 Å². The SMILES string of the molecule is CCCNC(CCCS(C)(=O)=O)C1(C)CCCC1. The lowest BCUT2D eigenvalue weighted by atomic mass is 9.78. The van der Waals surface area contributed by atoms with Gasteiger partial charge < -0.3 is 5.32 Å². The van der Waals surface area contributed by atoms with Crippen LogP contribution in [0.4, 0.5) is 0 Å². The van der Waals surface area contributed by atoms with Gasteiger partial charge in [-0.15, -0.1) is 0 Å². The Morgan fingerprint density at radius 3 is 2.39 bits per heavy atom. The van der Waals surface area contributed by atoms with Crippen molar-refractivity contribution in [3.05, 3.63) is 0 Å². The second-order valence-electron chi connectivity index (χ2n) is 6.14. The molecule has 1 aliphatic rings. The summed E-state index contributed by atoms with van der Waals surface area (Å²) in [4.78, 5) is 0. The number of rotatable bonds is 8. The van der Waals surface area contributed by atoms with Crippen molar-refractivity contribution >= 4 is 9.84 Å². The lowest BCUT2D eigenvalue weighted by Crippen LogP contribution is -2.42. The van der Waals surface area contributed by atoms with Gasteiger partial charge in [-0.25, -0.2) is 8.42 Å². The van der Waals surface area contributed by atoms with Gasteiger partial charge in [-0.2, -0.15) is 0 Å². The third kappa shape index (κ3) is 5.27. The molecule has 1 aliphatic carbocycles. The number of hydrogen-bond acceptors (Lipinski definition) is 3. The van der Waals surface area contributed by atoms with E-state index in [9.17, 15) is 8.42 Å². The largest absolute Gasteiger partial charge is 0.313 e. The van der Waals surface area contributed by atoms with Crippen molar-refractivity contribution in [1.82, 2.24) is 5.32 Å². The van der Waals surface area contributed by atoms with E-state index < -0.39 is 9.84 Å². The Kier molecular flexibility index (Phi) is 6.12. The van der Waals surface area contributed by atoms with Gasteiger partial charge in [0.1, 0.15) is 9.84 Å². The molecule has 1 N–H and O–H groups in total. The highest BCUT2D eigenvalue weighted by Crippen LogP contribution is 2.41. The second-order valence-corrected chi connectivity index (χ2v) is 8.40. The van der Waals surface area contributed by atoms with E-state index in [1.165, 1.54) is 31.9 Å². The molecule has 0 spiro atoms. The lowest BCUT2D eigenvalue weighted by molar-refractivity contribution is 0.209. The van der Waals surface area contributed by atoms with Crippen LogP contribution in [0.2, 0.25) is 0 Å². The van der Waals surface area contributed by atoms with Gasteiger partial charge >= 0.3 is 0 Å². The zero-order chi connectivity index (χ0) is 13.6. The van der Waals surface area contributed by atoms with Gasteiger partial charge in [0.25, 0.3) is 0 Å². The Balaban J connectivity index is 2.50. The molecule has 0 aromatic carbocycles. The van der Waals surface area contributed by atoms with Gasteiger partial charge in [0.05, 0.1) is 0 Å². The van der Waals surface area contributed by atoms with Crippen LogP contribution in [0.25, 0.3) is 0 Å². The van der Waals surface area contributed by atoms with E-state index in [1.807, 2.05) is 0 Å². The standard InChI is InChI=1S/C14H29NO2S/c1-4-11-15-13(8-7-12-18(3,16)17)14(2)9-5-6-10-14/h13,15H,4-12H2,1-3H3. The third-order valence-electron chi connectivity index (χ3n) is 4.24. The van der Waals surface area contributed by atoms with Crippen LogP contribution in [0.15, 0.2) is 0 Å². The smallest absolute Gasteiger partial charge is 0.147 e. The van der Waals surface area contributed by atoms with Crippen LogP contribution in [0, 0.1) is 5.41 Å². The molecule has 4 heteroatoms. The zero-order valence-corrected chi connectivity index (χ0v) is 13.0. The first-order chi connectivity index (χ1) is 8.37. The summed E-state index contributed by atoms with van der Waals surface area (Å²) in [6.07, 6.45) is 9.47. The highest BCUT2D eigenvalue weighted by atomic mass is 32.2. The van der Waals surface area contributed by atoms with E-state index in [0.717, 1.165) is 25.8 Å². The highest BCUT2D eigenvalue weighted by molar-refractivity contribution is 7.90. The lowest BCUT2D eigenvalue weighted by Gasteiger charge is -2.35. The first-order valence-corrected chi connectivity index (χ1v) is 9.34. The quantitative estimate of drug-likeness (QED) is 0.741. The fraction of sp³-hybridized carbons (Fsp3) is 1.00.